The molecule has 0 spiro atoms. The monoisotopic (exact) mass is 435 g/mol. The number of phenolic OH excluding ortho intramolecular Hbond substituents is 2. The molecule has 0 bridgehead atoms. The minimum atomic E-state index is -1.58. The highest BCUT2D eigenvalue weighted by atomic mass is 16.3. The van der Waals surface area contributed by atoms with Crippen LogP contribution in [0.4, 0.5) is 5.69 Å². The van der Waals surface area contributed by atoms with Gasteiger partial charge in [-0.1, -0.05) is 18.2 Å². The fourth-order valence-corrected chi connectivity index (χ4v) is 3.42. The lowest BCUT2D eigenvalue weighted by Crippen LogP contribution is -2.36. The fourth-order valence-electron chi connectivity index (χ4n) is 3.42. The number of carbonyl (C=O) groups excluding carboxylic acids is 2. The maximum absolute atomic E-state index is 12.2. The van der Waals surface area contributed by atoms with Crippen LogP contribution in [0.2, 0.25) is 0 Å². The van der Waals surface area contributed by atoms with E-state index in [1.165, 1.54) is 38.1 Å². The summed E-state index contributed by atoms with van der Waals surface area (Å²) in [5.74, 6) is -1.46. The second-order valence-corrected chi connectivity index (χ2v) is 8.06. The Morgan fingerprint density at radius 2 is 1.66 bits per heavy atom. The molecule has 0 radical (unpaired) electrons. The molecule has 7 nitrogen and oxygen atoms in total. The molecule has 1 amide bonds. The smallest absolute Gasteiger partial charge is 0.255 e. The Morgan fingerprint density at radius 3 is 2.28 bits per heavy atom. The van der Waals surface area contributed by atoms with Gasteiger partial charge in [0, 0.05) is 28.3 Å². The number of aliphatic hydroxyl groups is 2. The number of anilines is 1. The predicted molar refractivity (Wildman–Crippen MR) is 120 cm³/mol. The molecule has 3 aromatic carbocycles. The number of carbonyl (C=O) groups is 2. The Morgan fingerprint density at radius 1 is 1.00 bits per heavy atom. The summed E-state index contributed by atoms with van der Waals surface area (Å²) < 4.78 is 0. The van der Waals surface area contributed by atoms with Crippen LogP contribution in [0, 0.1) is 0 Å². The molecule has 7 heteroatoms. The molecular weight excluding hydrogens is 410 g/mol. The summed E-state index contributed by atoms with van der Waals surface area (Å²) in [6.07, 6.45) is 0.657. The van der Waals surface area contributed by atoms with Gasteiger partial charge in [-0.05, 0) is 67.4 Å². The maximum atomic E-state index is 12.2. The number of aromatic hydroxyl groups is 2. The summed E-state index contributed by atoms with van der Waals surface area (Å²) in [4.78, 5) is 23.6. The van der Waals surface area contributed by atoms with Crippen LogP contribution in [0.5, 0.6) is 11.5 Å². The van der Waals surface area contributed by atoms with Gasteiger partial charge in [0.1, 0.15) is 23.4 Å². The van der Waals surface area contributed by atoms with E-state index in [1.807, 2.05) is 0 Å². The van der Waals surface area contributed by atoms with Gasteiger partial charge in [-0.2, -0.15) is 0 Å². The van der Waals surface area contributed by atoms with Crippen LogP contribution in [0.25, 0.3) is 0 Å². The first kappa shape index (κ1) is 23.0. The van der Waals surface area contributed by atoms with E-state index in [-0.39, 0.29) is 18.1 Å². The summed E-state index contributed by atoms with van der Waals surface area (Å²) in [5.41, 5.74) is 1.09. The molecule has 0 aliphatic rings. The van der Waals surface area contributed by atoms with Gasteiger partial charge in [0.05, 0.1) is 6.61 Å². The largest absolute Gasteiger partial charge is 0.508 e. The second kappa shape index (κ2) is 9.21. The Hall–Kier alpha value is -3.68. The third-order valence-electron chi connectivity index (χ3n) is 5.12. The van der Waals surface area contributed by atoms with Crippen LogP contribution >= 0.6 is 0 Å². The van der Waals surface area contributed by atoms with E-state index in [4.69, 9.17) is 0 Å². The Kier molecular flexibility index (Phi) is 6.62. The summed E-state index contributed by atoms with van der Waals surface area (Å²) in [7, 11) is 0. The van der Waals surface area contributed by atoms with E-state index in [0.717, 1.165) is 0 Å². The van der Waals surface area contributed by atoms with Crippen LogP contribution in [-0.2, 0) is 11.4 Å². The van der Waals surface area contributed by atoms with Crippen LogP contribution < -0.4 is 5.32 Å². The van der Waals surface area contributed by atoms with Crippen LogP contribution in [0.1, 0.15) is 52.4 Å². The van der Waals surface area contributed by atoms with Crippen molar-refractivity contribution >= 4 is 17.9 Å². The molecule has 0 heterocycles. The minimum absolute atomic E-state index is 0.0611. The molecule has 0 aromatic heterocycles. The highest BCUT2D eigenvalue weighted by molar-refractivity contribution is 5.96. The number of nitrogens with one attached hydrogen (secondary N) is 1. The molecule has 0 fully saturated rings. The molecule has 5 N–H and O–H groups in total. The normalized spacial score (nSPS) is 12.2. The molecule has 1 atom stereocenters. The fraction of sp³-hybridized carbons (Fsp3) is 0.200. The van der Waals surface area contributed by atoms with Gasteiger partial charge < -0.3 is 25.7 Å². The van der Waals surface area contributed by atoms with E-state index in [2.05, 4.69) is 5.32 Å². The van der Waals surface area contributed by atoms with Crippen molar-refractivity contribution in [3.63, 3.8) is 0 Å². The molecule has 32 heavy (non-hydrogen) atoms. The average Bonchev–Trinajstić information content (AvgIpc) is 2.76. The van der Waals surface area contributed by atoms with Crippen molar-refractivity contribution in [1.29, 1.82) is 0 Å². The summed E-state index contributed by atoms with van der Waals surface area (Å²) >= 11 is 0. The van der Waals surface area contributed by atoms with Gasteiger partial charge in [-0.15, -0.1) is 0 Å². The minimum Gasteiger partial charge on any atom is -0.508 e. The molecule has 1 unspecified atom stereocenters. The molecule has 0 aliphatic carbocycles. The zero-order valence-electron chi connectivity index (χ0n) is 17.7. The summed E-state index contributed by atoms with van der Waals surface area (Å²) in [6.45, 7) is 2.49. The SMILES string of the molecule is CC(C)(O)C(=O)Nc1cccc(C(c2cc(C=O)ccc2O)c2cc(CO)ccc2O)c1. The summed E-state index contributed by atoms with van der Waals surface area (Å²) in [5, 5.41) is 43.4. The van der Waals surface area contributed by atoms with Crippen molar-refractivity contribution in [2.24, 2.45) is 0 Å². The van der Waals surface area contributed by atoms with Gasteiger partial charge in [-0.25, -0.2) is 0 Å². The molecular formula is C25H25NO6. The highest BCUT2D eigenvalue weighted by Gasteiger charge is 2.26. The molecule has 3 aromatic rings. The average molecular weight is 435 g/mol. The van der Waals surface area contributed by atoms with E-state index in [9.17, 15) is 30.0 Å². The molecule has 0 aliphatic heterocycles. The third kappa shape index (κ3) is 4.96. The number of hydrogen-bond donors (Lipinski definition) is 5. The van der Waals surface area contributed by atoms with Crippen molar-refractivity contribution in [3.05, 3.63) is 88.5 Å². The van der Waals surface area contributed by atoms with E-state index in [0.29, 0.717) is 39.8 Å². The predicted octanol–water partition coefficient (Wildman–Crippen LogP) is 3.29. The standard InChI is InChI=1S/C25H25NO6/c1-25(2,32)24(31)26-18-5-3-4-17(12-18)23(19-10-15(13-27)6-8-21(19)29)20-11-16(14-28)7-9-22(20)30/h3-13,23,28-30,32H,14H2,1-2H3,(H,26,31). The van der Waals surface area contributed by atoms with Gasteiger partial charge in [-0.3, -0.25) is 9.59 Å². The van der Waals surface area contributed by atoms with Gasteiger partial charge in [0.2, 0.25) is 0 Å². The van der Waals surface area contributed by atoms with E-state index in [1.54, 1.807) is 36.4 Å². The first-order valence-electron chi connectivity index (χ1n) is 9.98. The van der Waals surface area contributed by atoms with Crippen molar-refractivity contribution in [2.45, 2.75) is 32.0 Å². The van der Waals surface area contributed by atoms with Crippen LogP contribution in [0.3, 0.4) is 0 Å². The summed E-state index contributed by atoms with van der Waals surface area (Å²) in [6, 6.07) is 15.8. The number of benzene rings is 3. The lowest BCUT2D eigenvalue weighted by Gasteiger charge is -2.23. The van der Waals surface area contributed by atoms with Crippen molar-refractivity contribution in [3.8, 4) is 11.5 Å². The van der Waals surface area contributed by atoms with Gasteiger partial charge >= 0.3 is 0 Å². The van der Waals surface area contributed by atoms with Crippen molar-refractivity contribution < 1.29 is 30.0 Å². The molecule has 0 saturated heterocycles. The third-order valence-corrected chi connectivity index (χ3v) is 5.12. The number of amides is 1. The number of phenols is 2. The molecule has 166 valence electrons. The number of hydrogen-bond acceptors (Lipinski definition) is 6. The lowest BCUT2D eigenvalue weighted by molar-refractivity contribution is -0.130. The Labute approximate surface area is 185 Å². The quantitative estimate of drug-likeness (QED) is 0.286. The zero-order chi connectivity index (χ0) is 23.5. The molecule has 3 rings (SSSR count). The Balaban J connectivity index is 2.20. The number of aldehydes is 1. The topological polar surface area (TPSA) is 127 Å². The number of aliphatic hydroxyl groups excluding tert-OH is 1. The molecule has 0 saturated carbocycles. The maximum Gasteiger partial charge on any atom is 0.255 e. The van der Waals surface area contributed by atoms with E-state index < -0.39 is 17.4 Å². The van der Waals surface area contributed by atoms with Crippen LogP contribution in [-0.4, -0.2) is 38.2 Å². The second-order valence-electron chi connectivity index (χ2n) is 8.06. The van der Waals surface area contributed by atoms with Gasteiger partial charge in [0.25, 0.3) is 5.91 Å². The highest BCUT2D eigenvalue weighted by Crippen LogP contribution is 2.41. The van der Waals surface area contributed by atoms with Crippen molar-refractivity contribution in [1.82, 2.24) is 0 Å². The number of rotatable bonds is 7. The lowest BCUT2D eigenvalue weighted by atomic mass is 9.82. The van der Waals surface area contributed by atoms with Crippen LogP contribution in [0.15, 0.2) is 60.7 Å². The Bertz CT molecular complexity index is 1150. The zero-order valence-corrected chi connectivity index (χ0v) is 17.7. The van der Waals surface area contributed by atoms with Crippen molar-refractivity contribution in [2.75, 3.05) is 5.32 Å². The first-order chi connectivity index (χ1) is 15.1. The van der Waals surface area contributed by atoms with Gasteiger partial charge in [0.15, 0.2) is 0 Å². The van der Waals surface area contributed by atoms with E-state index >= 15 is 0 Å². The first-order valence-corrected chi connectivity index (χ1v) is 9.98.